The Labute approximate surface area is 128 Å². The molecule has 1 amide bonds. The van der Waals surface area contributed by atoms with E-state index >= 15 is 0 Å². The maximum absolute atomic E-state index is 12.8. The number of rotatable bonds is 4. The number of fused-ring (bicyclic) bond motifs is 1. The minimum atomic E-state index is -0.344. The lowest BCUT2D eigenvalue weighted by Crippen LogP contribution is -2.42. The molecule has 21 heavy (non-hydrogen) atoms. The standard InChI is InChI=1S/C17H17NO2S/c19-17(16-10-12-4-1-2-6-15(12)20-16)18(13-7-8-13)11-14-5-3-9-21-14/h1-6,9,13,16H,7-8,10-11H2/t16-/m1/s1. The molecule has 0 radical (unpaired) electrons. The van der Waals surface area contributed by atoms with Crippen molar-refractivity contribution in [3.63, 3.8) is 0 Å². The molecule has 1 atom stereocenters. The lowest BCUT2D eigenvalue weighted by Gasteiger charge is -2.24. The Balaban J connectivity index is 1.50. The molecule has 4 rings (SSSR count). The van der Waals surface area contributed by atoms with Gasteiger partial charge in [-0.25, -0.2) is 0 Å². The molecule has 2 heterocycles. The van der Waals surface area contributed by atoms with Crippen LogP contribution in [0.5, 0.6) is 5.75 Å². The van der Waals surface area contributed by atoms with Gasteiger partial charge in [0.15, 0.2) is 6.10 Å². The summed E-state index contributed by atoms with van der Waals surface area (Å²) in [5.41, 5.74) is 1.14. The van der Waals surface area contributed by atoms with Gasteiger partial charge in [-0.3, -0.25) is 4.79 Å². The molecule has 1 aliphatic carbocycles. The molecule has 0 unspecified atom stereocenters. The highest BCUT2D eigenvalue weighted by atomic mass is 32.1. The van der Waals surface area contributed by atoms with Crippen LogP contribution < -0.4 is 4.74 Å². The number of thiophene rings is 1. The zero-order chi connectivity index (χ0) is 14.2. The second kappa shape index (κ2) is 5.19. The van der Waals surface area contributed by atoms with Crippen LogP contribution in [0.15, 0.2) is 41.8 Å². The molecule has 1 aromatic heterocycles. The fraction of sp³-hybridized carbons (Fsp3) is 0.353. The Hall–Kier alpha value is -1.81. The van der Waals surface area contributed by atoms with Gasteiger partial charge in [0.2, 0.25) is 0 Å². The van der Waals surface area contributed by atoms with Gasteiger partial charge in [0.25, 0.3) is 5.91 Å². The van der Waals surface area contributed by atoms with Crippen LogP contribution in [0.25, 0.3) is 0 Å². The molecular weight excluding hydrogens is 282 g/mol. The van der Waals surface area contributed by atoms with E-state index < -0.39 is 0 Å². The van der Waals surface area contributed by atoms with Crippen molar-refractivity contribution in [1.82, 2.24) is 4.90 Å². The van der Waals surface area contributed by atoms with Gasteiger partial charge in [-0.1, -0.05) is 24.3 Å². The van der Waals surface area contributed by atoms with Crippen LogP contribution in [0.2, 0.25) is 0 Å². The maximum Gasteiger partial charge on any atom is 0.264 e. The quantitative estimate of drug-likeness (QED) is 0.867. The van der Waals surface area contributed by atoms with Crippen LogP contribution in [-0.4, -0.2) is 23.0 Å². The predicted octanol–water partition coefficient (Wildman–Crippen LogP) is 3.24. The fourth-order valence-corrected chi connectivity index (χ4v) is 3.55. The number of hydrogen-bond acceptors (Lipinski definition) is 3. The number of carbonyl (C=O) groups excluding carboxylic acids is 1. The van der Waals surface area contributed by atoms with E-state index in [1.165, 1.54) is 4.88 Å². The van der Waals surface area contributed by atoms with Crippen molar-refractivity contribution in [2.75, 3.05) is 0 Å². The van der Waals surface area contributed by atoms with Gasteiger partial charge >= 0.3 is 0 Å². The van der Waals surface area contributed by atoms with E-state index in [0.29, 0.717) is 12.5 Å². The number of nitrogens with zero attached hydrogens (tertiary/aromatic N) is 1. The fourth-order valence-electron chi connectivity index (χ4n) is 2.85. The van der Waals surface area contributed by atoms with E-state index in [1.807, 2.05) is 35.2 Å². The van der Waals surface area contributed by atoms with E-state index in [2.05, 4.69) is 11.4 Å². The molecule has 1 saturated carbocycles. The summed E-state index contributed by atoms with van der Waals surface area (Å²) >= 11 is 1.71. The number of hydrogen-bond donors (Lipinski definition) is 0. The average Bonchev–Trinajstić information content (AvgIpc) is 3.04. The number of carbonyl (C=O) groups is 1. The largest absolute Gasteiger partial charge is 0.480 e. The van der Waals surface area contributed by atoms with Gasteiger partial charge in [0, 0.05) is 17.3 Å². The maximum atomic E-state index is 12.8. The van der Waals surface area contributed by atoms with Gasteiger partial charge in [0.1, 0.15) is 5.75 Å². The first kappa shape index (κ1) is 12.9. The summed E-state index contributed by atoms with van der Waals surface area (Å²) in [5.74, 6) is 1.00. The van der Waals surface area contributed by atoms with Crippen molar-refractivity contribution in [1.29, 1.82) is 0 Å². The molecule has 3 nitrogen and oxygen atoms in total. The average molecular weight is 299 g/mol. The molecule has 108 valence electrons. The van der Waals surface area contributed by atoms with E-state index in [9.17, 15) is 4.79 Å². The lowest BCUT2D eigenvalue weighted by molar-refractivity contribution is -0.139. The van der Waals surface area contributed by atoms with Crippen LogP contribution in [0.1, 0.15) is 23.3 Å². The third-order valence-electron chi connectivity index (χ3n) is 4.10. The Morgan fingerprint density at radius 3 is 2.81 bits per heavy atom. The normalized spacial score (nSPS) is 19.9. The number of para-hydroxylation sites is 1. The monoisotopic (exact) mass is 299 g/mol. The summed E-state index contributed by atoms with van der Waals surface area (Å²) < 4.78 is 5.86. The second-order valence-electron chi connectivity index (χ2n) is 5.70. The van der Waals surface area contributed by atoms with Crippen molar-refractivity contribution < 1.29 is 9.53 Å². The smallest absolute Gasteiger partial charge is 0.264 e. The summed E-state index contributed by atoms with van der Waals surface area (Å²) in [6.07, 6.45) is 2.60. The SMILES string of the molecule is O=C([C@H]1Cc2ccccc2O1)N(Cc1cccs1)C1CC1. The van der Waals surface area contributed by atoms with Crippen LogP contribution in [0.3, 0.4) is 0 Å². The topological polar surface area (TPSA) is 29.5 Å². The number of amides is 1. The van der Waals surface area contributed by atoms with E-state index in [1.54, 1.807) is 11.3 Å². The molecule has 0 bridgehead atoms. The summed E-state index contributed by atoms with van der Waals surface area (Å²) in [5, 5.41) is 2.06. The molecule has 1 aromatic carbocycles. The molecular formula is C17H17NO2S. The van der Waals surface area contributed by atoms with Crippen molar-refractivity contribution in [3.8, 4) is 5.75 Å². The molecule has 1 fully saturated rings. The Kier molecular flexibility index (Phi) is 3.19. The second-order valence-corrected chi connectivity index (χ2v) is 6.73. The summed E-state index contributed by atoms with van der Waals surface area (Å²) in [6.45, 7) is 0.720. The van der Waals surface area contributed by atoms with Gasteiger partial charge < -0.3 is 9.64 Å². The van der Waals surface area contributed by atoms with Crippen molar-refractivity contribution in [2.45, 2.75) is 38.0 Å². The molecule has 2 aliphatic rings. The highest BCUT2D eigenvalue weighted by Gasteiger charge is 2.39. The highest BCUT2D eigenvalue weighted by molar-refractivity contribution is 7.09. The highest BCUT2D eigenvalue weighted by Crippen LogP contribution is 2.33. The summed E-state index contributed by atoms with van der Waals surface area (Å²) in [6, 6.07) is 12.5. The van der Waals surface area contributed by atoms with Gasteiger partial charge in [-0.05, 0) is 35.9 Å². The summed E-state index contributed by atoms with van der Waals surface area (Å²) in [7, 11) is 0. The van der Waals surface area contributed by atoms with Crippen LogP contribution in [0.4, 0.5) is 0 Å². The zero-order valence-electron chi connectivity index (χ0n) is 11.7. The molecule has 1 aliphatic heterocycles. The minimum Gasteiger partial charge on any atom is -0.480 e. The van der Waals surface area contributed by atoms with Crippen molar-refractivity contribution in [3.05, 3.63) is 52.2 Å². The van der Waals surface area contributed by atoms with Gasteiger partial charge in [-0.2, -0.15) is 0 Å². The Morgan fingerprint density at radius 2 is 2.10 bits per heavy atom. The van der Waals surface area contributed by atoms with Crippen LogP contribution in [-0.2, 0) is 17.8 Å². The third kappa shape index (κ3) is 2.56. The molecule has 4 heteroatoms. The van der Waals surface area contributed by atoms with E-state index in [4.69, 9.17) is 4.74 Å². The van der Waals surface area contributed by atoms with Crippen molar-refractivity contribution in [2.24, 2.45) is 0 Å². The molecule has 0 N–H and O–H groups in total. The van der Waals surface area contributed by atoms with E-state index in [0.717, 1.165) is 30.7 Å². The first-order valence-corrected chi connectivity index (χ1v) is 8.26. The molecule has 0 spiro atoms. The third-order valence-corrected chi connectivity index (χ3v) is 4.96. The van der Waals surface area contributed by atoms with Gasteiger partial charge in [-0.15, -0.1) is 11.3 Å². The number of benzene rings is 1. The lowest BCUT2D eigenvalue weighted by atomic mass is 10.1. The first-order valence-electron chi connectivity index (χ1n) is 7.39. The Bertz CT molecular complexity index is 624. The van der Waals surface area contributed by atoms with Crippen LogP contribution >= 0.6 is 11.3 Å². The van der Waals surface area contributed by atoms with Crippen LogP contribution in [0, 0.1) is 0 Å². The van der Waals surface area contributed by atoms with Crippen molar-refractivity contribution >= 4 is 17.2 Å². The molecule has 0 saturated heterocycles. The number of ether oxygens (including phenoxy) is 1. The first-order chi connectivity index (χ1) is 10.3. The minimum absolute atomic E-state index is 0.141. The predicted molar refractivity (Wildman–Crippen MR) is 82.5 cm³/mol. The molecule has 2 aromatic rings. The Morgan fingerprint density at radius 1 is 1.24 bits per heavy atom. The summed E-state index contributed by atoms with van der Waals surface area (Å²) in [4.78, 5) is 16.1. The van der Waals surface area contributed by atoms with E-state index in [-0.39, 0.29) is 12.0 Å². The zero-order valence-corrected chi connectivity index (χ0v) is 12.5. The van der Waals surface area contributed by atoms with Gasteiger partial charge in [0.05, 0.1) is 6.54 Å².